The standard InChI is InChI=1S/C8H17O5P/c1-6(2)12-14(11,8(10)5-9)13-7(3)4/h5-8,10H,1-4H3. The van der Waals surface area contributed by atoms with Crippen LogP contribution in [0, 0.1) is 0 Å². The van der Waals surface area contributed by atoms with E-state index < -0.39 is 13.4 Å². The SMILES string of the molecule is CC(C)OP(=O)(OC(C)C)C(O)C=O. The van der Waals surface area contributed by atoms with E-state index in [0.29, 0.717) is 0 Å². The minimum absolute atomic E-state index is 0.158. The second kappa shape index (κ2) is 5.61. The fraction of sp³-hybridized carbons (Fsp3) is 0.875. The summed E-state index contributed by atoms with van der Waals surface area (Å²) >= 11 is 0. The van der Waals surface area contributed by atoms with E-state index in [2.05, 4.69) is 0 Å². The fourth-order valence-corrected chi connectivity index (χ4v) is 2.44. The quantitative estimate of drug-likeness (QED) is 0.547. The predicted molar refractivity (Wildman–Crippen MR) is 52.1 cm³/mol. The van der Waals surface area contributed by atoms with E-state index in [-0.39, 0.29) is 18.5 Å². The molecule has 5 nitrogen and oxygen atoms in total. The van der Waals surface area contributed by atoms with Crippen molar-refractivity contribution in [1.29, 1.82) is 0 Å². The highest BCUT2D eigenvalue weighted by atomic mass is 31.2. The summed E-state index contributed by atoms with van der Waals surface area (Å²) in [6.07, 6.45) is -0.603. The first kappa shape index (κ1) is 13.8. The van der Waals surface area contributed by atoms with Crippen molar-refractivity contribution in [2.45, 2.75) is 45.7 Å². The fourth-order valence-electron chi connectivity index (χ4n) is 0.812. The zero-order valence-electron chi connectivity index (χ0n) is 8.84. The molecule has 0 aromatic rings. The molecule has 84 valence electrons. The van der Waals surface area contributed by atoms with Crippen LogP contribution in [0.15, 0.2) is 0 Å². The van der Waals surface area contributed by atoms with Crippen molar-refractivity contribution in [3.8, 4) is 0 Å². The first-order chi connectivity index (χ1) is 6.31. The molecule has 0 aromatic heterocycles. The van der Waals surface area contributed by atoms with Gasteiger partial charge in [0.25, 0.3) is 0 Å². The minimum atomic E-state index is -3.74. The lowest BCUT2D eigenvalue weighted by molar-refractivity contribution is -0.112. The van der Waals surface area contributed by atoms with E-state index in [0.717, 1.165) is 0 Å². The van der Waals surface area contributed by atoms with Gasteiger partial charge in [-0.3, -0.25) is 9.36 Å². The number of hydrogen-bond donors (Lipinski definition) is 1. The largest absolute Gasteiger partial charge is 0.374 e. The van der Waals surface area contributed by atoms with Gasteiger partial charge in [-0.15, -0.1) is 0 Å². The number of aliphatic hydroxyl groups excluding tert-OH is 1. The Morgan fingerprint density at radius 3 is 1.71 bits per heavy atom. The summed E-state index contributed by atoms with van der Waals surface area (Å²) in [6.45, 7) is 6.59. The molecule has 1 atom stereocenters. The Morgan fingerprint density at radius 2 is 1.50 bits per heavy atom. The van der Waals surface area contributed by atoms with Crippen molar-refractivity contribution < 1.29 is 23.5 Å². The summed E-state index contributed by atoms with van der Waals surface area (Å²) < 4.78 is 21.7. The molecule has 0 aromatic carbocycles. The Labute approximate surface area is 83.9 Å². The number of carbonyl (C=O) groups is 1. The normalized spacial score (nSPS) is 14.8. The molecule has 0 saturated heterocycles. The molecule has 0 aliphatic rings. The predicted octanol–water partition coefficient (Wildman–Crippen LogP) is 1.55. The third-order valence-electron chi connectivity index (χ3n) is 1.16. The Hall–Kier alpha value is -0.220. The maximum absolute atomic E-state index is 11.8. The van der Waals surface area contributed by atoms with Gasteiger partial charge in [0.15, 0.2) is 6.29 Å². The van der Waals surface area contributed by atoms with Gasteiger partial charge in [0, 0.05) is 0 Å². The summed E-state index contributed by atoms with van der Waals surface area (Å²) in [5, 5.41) is 9.19. The molecule has 0 heterocycles. The number of rotatable bonds is 6. The minimum Gasteiger partial charge on any atom is -0.374 e. The molecule has 0 aliphatic carbocycles. The van der Waals surface area contributed by atoms with E-state index in [1.54, 1.807) is 27.7 Å². The van der Waals surface area contributed by atoms with Gasteiger partial charge in [-0.05, 0) is 27.7 Å². The number of hydrogen-bond acceptors (Lipinski definition) is 5. The molecule has 0 spiro atoms. The van der Waals surface area contributed by atoms with E-state index in [1.165, 1.54) is 0 Å². The molecule has 0 rings (SSSR count). The van der Waals surface area contributed by atoms with Gasteiger partial charge < -0.3 is 14.2 Å². The van der Waals surface area contributed by atoms with Crippen molar-refractivity contribution in [2.75, 3.05) is 0 Å². The van der Waals surface area contributed by atoms with Crippen LogP contribution < -0.4 is 0 Å². The van der Waals surface area contributed by atoms with Crippen LogP contribution in [0.4, 0.5) is 0 Å². The summed E-state index contributed by atoms with van der Waals surface area (Å²) in [5.41, 5.74) is 0. The highest BCUT2D eigenvalue weighted by Gasteiger charge is 2.36. The average Bonchev–Trinajstić information content (AvgIpc) is 1.99. The summed E-state index contributed by atoms with van der Waals surface area (Å²) in [7, 11) is -3.74. The zero-order chi connectivity index (χ0) is 11.4. The lowest BCUT2D eigenvalue weighted by Crippen LogP contribution is -2.18. The highest BCUT2D eigenvalue weighted by Crippen LogP contribution is 2.53. The van der Waals surface area contributed by atoms with Crippen LogP contribution in [0.5, 0.6) is 0 Å². The lowest BCUT2D eigenvalue weighted by atomic mass is 10.5. The van der Waals surface area contributed by atoms with Crippen molar-refractivity contribution >= 4 is 13.9 Å². The topological polar surface area (TPSA) is 72.8 Å². The molecule has 0 saturated carbocycles. The zero-order valence-corrected chi connectivity index (χ0v) is 9.73. The van der Waals surface area contributed by atoms with Crippen LogP contribution in [-0.4, -0.2) is 29.4 Å². The number of aldehydes is 1. The first-order valence-corrected chi connectivity index (χ1v) is 6.03. The molecular formula is C8H17O5P. The molecular weight excluding hydrogens is 207 g/mol. The molecule has 0 amide bonds. The van der Waals surface area contributed by atoms with Gasteiger partial charge in [0.1, 0.15) is 0 Å². The first-order valence-electron chi connectivity index (χ1n) is 4.41. The van der Waals surface area contributed by atoms with Crippen LogP contribution in [0.1, 0.15) is 27.7 Å². The molecule has 6 heteroatoms. The summed E-state index contributed by atoms with van der Waals surface area (Å²) in [5.74, 6) is -1.72. The van der Waals surface area contributed by atoms with Crippen molar-refractivity contribution in [2.24, 2.45) is 0 Å². The van der Waals surface area contributed by atoms with Crippen LogP contribution in [0.2, 0.25) is 0 Å². The Bertz CT molecular complexity index is 212. The molecule has 0 fully saturated rings. The van der Waals surface area contributed by atoms with E-state index in [1.807, 2.05) is 0 Å². The Balaban J connectivity index is 4.66. The summed E-state index contributed by atoms with van der Waals surface area (Å²) in [6, 6.07) is 0. The molecule has 1 unspecified atom stereocenters. The maximum Gasteiger partial charge on any atom is 0.366 e. The van der Waals surface area contributed by atoms with Crippen molar-refractivity contribution in [3.63, 3.8) is 0 Å². The van der Waals surface area contributed by atoms with Gasteiger partial charge in [0.05, 0.1) is 12.2 Å². The second-order valence-corrected chi connectivity index (χ2v) is 5.43. The lowest BCUT2D eigenvalue weighted by Gasteiger charge is -2.23. The van der Waals surface area contributed by atoms with Crippen LogP contribution in [0.3, 0.4) is 0 Å². The number of aliphatic hydroxyl groups is 1. The maximum atomic E-state index is 11.8. The Morgan fingerprint density at radius 1 is 1.14 bits per heavy atom. The van der Waals surface area contributed by atoms with Gasteiger partial charge in [-0.2, -0.15) is 0 Å². The average molecular weight is 224 g/mol. The van der Waals surface area contributed by atoms with E-state index in [4.69, 9.17) is 9.05 Å². The third kappa shape index (κ3) is 4.33. The van der Waals surface area contributed by atoms with Crippen LogP contribution >= 0.6 is 7.60 Å². The van der Waals surface area contributed by atoms with Crippen molar-refractivity contribution in [1.82, 2.24) is 0 Å². The number of carbonyl (C=O) groups excluding carboxylic acids is 1. The highest BCUT2D eigenvalue weighted by molar-refractivity contribution is 7.55. The molecule has 14 heavy (non-hydrogen) atoms. The second-order valence-electron chi connectivity index (χ2n) is 3.40. The van der Waals surface area contributed by atoms with Gasteiger partial charge >= 0.3 is 7.60 Å². The van der Waals surface area contributed by atoms with Gasteiger partial charge in [-0.1, -0.05) is 0 Å². The third-order valence-corrected chi connectivity index (χ3v) is 3.36. The van der Waals surface area contributed by atoms with Crippen molar-refractivity contribution in [3.05, 3.63) is 0 Å². The molecule has 0 bridgehead atoms. The Kier molecular flexibility index (Phi) is 5.52. The summed E-state index contributed by atoms with van der Waals surface area (Å²) in [4.78, 5) is 10.3. The van der Waals surface area contributed by atoms with E-state index in [9.17, 15) is 14.5 Å². The monoisotopic (exact) mass is 224 g/mol. The molecule has 1 N–H and O–H groups in total. The van der Waals surface area contributed by atoms with Crippen LogP contribution in [-0.2, 0) is 18.4 Å². The van der Waals surface area contributed by atoms with Gasteiger partial charge in [0.2, 0.25) is 5.85 Å². The molecule has 0 aliphatic heterocycles. The van der Waals surface area contributed by atoms with Gasteiger partial charge in [-0.25, -0.2) is 0 Å². The van der Waals surface area contributed by atoms with E-state index >= 15 is 0 Å². The molecule has 0 radical (unpaired) electrons. The van der Waals surface area contributed by atoms with Crippen LogP contribution in [0.25, 0.3) is 0 Å². The smallest absolute Gasteiger partial charge is 0.366 e.